The summed E-state index contributed by atoms with van der Waals surface area (Å²) in [6, 6.07) is 6.69. The largest absolute Gasteiger partial charge is 0.493 e. The van der Waals surface area contributed by atoms with Crippen LogP contribution in [0.4, 0.5) is 0 Å². The van der Waals surface area contributed by atoms with Crippen LogP contribution in [0.25, 0.3) is 0 Å². The number of aryl methyl sites for hydroxylation is 1. The molecule has 0 aromatic heterocycles. The quantitative estimate of drug-likeness (QED) is 0.811. The van der Waals surface area contributed by atoms with Crippen molar-refractivity contribution >= 4 is 5.91 Å². The lowest BCUT2D eigenvalue weighted by atomic mass is 9.87. The highest BCUT2D eigenvalue weighted by molar-refractivity contribution is 5.76. The van der Waals surface area contributed by atoms with Gasteiger partial charge >= 0.3 is 0 Å². The zero-order chi connectivity index (χ0) is 15.2. The van der Waals surface area contributed by atoms with Crippen LogP contribution < -0.4 is 15.8 Å². The molecule has 0 bridgehead atoms. The van der Waals surface area contributed by atoms with Gasteiger partial charge in [-0.15, -0.1) is 0 Å². The number of amides is 1. The number of ether oxygens (including phenoxy) is 1. The first-order chi connectivity index (χ1) is 10.1. The normalized spacial score (nSPS) is 18.9. The van der Waals surface area contributed by atoms with Crippen molar-refractivity contribution in [3.05, 3.63) is 29.3 Å². The van der Waals surface area contributed by atoms with Crippen LogP contribution in [-0.4, -0.2) is 19.1 Å². The van der Waals surface area contributed by atoms with E-state index in [1.54, 1.807) is 6.92 Å². The van der Waals surface area contributed by atoms with E-state index in [0.29, 0.717) is 12.6 Å². The molecule has 2 unspecified atom stereocenters. The number of primary amides is 1. The van der Waals surface area contributed by atoms with Crippen LogP contribution in [0.5, 0.6) is 5.75 Å². The second kappa shape index (κ2) is 7.46. The first-order valence-electron chi connectivity index (χ1n) is 7.90. The van der Waals surface area contributed by atoms with Gasteiger partial charge in [0.25, 0.3) is 0 Å². The molecule has 0 saturated carbocycles. The molecule has 2 rings (SSSR count). The van der Waals surface area contributed by atoms with Crippen molar-refractivity contribution in [2.24, 2.45) is 11.7 Å². The first-order valence-corrected chi connectivity index (χ1v) is 7.90. The zero-order valence-corrected chi connectivity index (χ0v) is 13.0. The Morgan fingerprint density at radius 1 is 1.52 bits per heavy atom. The lowest BCUT2D eigenvalue weighted by molar-refractivity contribution is -0.122. The molecule has 0 saturated heterocycles. The Kier molecular flexibility index (Phi) is 5.62. The molecular weight excluding hydrogens is 264 g/mol. The van der Waals surface area contributed by atoms with Crippen LogP contribution in [0.2, 0.25) is 0 Å². The summed E-state index contributed by atoms with van der Waals surface area (Å²) in [7, 11) is 0. The predicted octanol–water partition coefficient (Wildman–Crippen LogP) is 2.56. The van der Waals surface area contributed by atoms with Gasteiger partial charge in [0.1, 0.15) is 5.75 Å². The maximum absolute atomic E-state index is 11.1. The van der Waals surface area contributed by atoms with Gasteiger partial charge in [0.05, 0.1) is 12.5 Å². The van der Waals surface area contributed by atoms with E-state index in [2.05, 4.69) is 24.4 Å². The van der Waals surface area contributed by atoms with Gasteiger partial charge in [-0.3, -0.25) is 4.79 Å². The summed E-state index contributed by atoms with van der Waals surface area (Å²) in [6.45, 7) is 5.34. The molecular formula is C17H26N2O2. The summed E-state index contributed by atoms with van der Waals surface area (Å²) >= 11 is 0. The Morgan fingerprint density at radius 3 is 3.05 bits per heavy atom. The summed E-state index contributed by atoms with van der Waals surface area (Å²) in [5.41, 5.74) is 8.01. The van der Waals surface area contributed by atoms with Crippen molar-refractivity contribution in [1.82, 2.24) is 5.32 Å². The molecule has 4 nitrogen and oxygen atoms in total. The average molecular weight is 290 g/mol. The third-order valence-electron chi connectivity index (χ3n) is 4.06. The summed E-state index contributed by atoms with van der Waals surface area (Å²) in [5, 5.41) is 3.61. The molecule has 0 fully saturated rings. The fourth-order valence-electron chi connectivity index (χ4n) is 2.70. The first kappa shape index (κ1) is 15.8. The van der Waals surface area contributed by atoms with Gasteiger partial charge < -0.3 is 15.8 Å². The maximum Gasteiger partial charge on any atom is 0.223 e. The van der Waals surface area contributed by atoms with E-state index in [0.717, 1.165) is 25.1 Å². The van der Waals surface area contributed by atoms with Gasteiger partial charge in [0.15, 0.2) is 0 Å². The maximum atomic E-state index is 11.1. The van der Waals surface area contributed by atoms with E-state index in [-0.39, 0.29) is 11.8 Å². The van der Waals surface area contributed by atoms with Gasteiger partial charge in [-0.1, -0.05) is 19.9 Å². The van der Waals surface area contributed by atoms with Crippen molar-refractivity contribution in [3.63, 3.8) is 0 Å². The Balaban J connectivity index is 2.06. The van der Waals surface area contributed by atoms with E-state index in [1.165, 1.54) is 24.0 Å². The Labute approximate surface area is 127 Å². The fraction of sp³-hybridized carbons (Fsp3) is 0.588. The lowest BCUT2D eigenvalue weighted by Gasteiger charge is -2.27. The minimum atomic E-state index is -0.324. The summed E-state index contributed by atoms with van der Waals surface area (Å²) in [5.74, 6) is 0.234. The summed E-state index contributed by atoms with van der Waals surface area (Å²) in [4.78, 5) is 11.1. The number of hydrogen-bond donors (Lipinski definition) is 2. The highest BCUT2D eigenvalue weighted by Gasteiger charge is 2.20. The second-order valence-corrected chi connectivity index (χ2v) is 5.87. The number of hydrogen-bond acceptors (Lipinski definition) is 3. The molecule has 1 amide bonds. The molecule has 1 aliphatic carbocycles. The molecule has 1 aliphatic rings. The van der Waals surface area contributed by atoms with Gasteiger partial charge in [-0.05, 0) is 55.5 Å². The van der Waals surface area contributed by atoms with Gasteiger partial charge in [0, 0.05) is 6.04 Å². The number of benzene rings is 1. The van der Waals surface area contributed by atoms with Crippen LogP contribution >= 0.6 is 0 Å². The SMILES string of the molecule is CCCNC1CCCc2ccc(OCC(C)C(N)=O)cc21. The second-order valence-electron chi connectivity index (χ2n) is 5.87. The third-order valence-corrected chi connectivity index (χ3v) is 4.06. The standard InChI is InChI=1S/C17H26N2O2/c1-3-9-19-16-6-4-5-13-7-8-14(10-15(13)16)21-11-12(2)17(18)20/h7-8,10,12,16,19H,3-6,9,11H2,1-2H3,(H2,18,20). The molecule has 0 aliphatic heterocycles. The van der Waals surface area contributed by atoms with Crippen LogP contribution in [0, 0.1) is 5.92 Å². The van der Waals surface area contributed by atoms with Gasteiger partial charge in [-0.25, -0.2) is 0 Å². The summed E-state index contributed by atoms with van der Waals surface area (Å²) < 4.78 is 5.72. The average Bonchev–Trinajstić information content (AvgIpc) is 2.50. The Morgan fingerprint density at radius 2 is 2.33 bits per heavy atom. The molecule has 0 spiro atoms. The number of carbonyl (C=O) groups is 1. The van der Waals surface area contributed by atoms with Crippen LogP contribution in [0.3, 0.4) is 0 Å². The van der Waals surface area contributed by atoms with Crippen LogP contribution in [0.1, 0.15) is 50.3 Å². The van der Waals surface area contributed by atoms with E-state index in [4.69, 9.17) is 10.5 Å². The number of carbonyl (C=O) groups excluding carboxylic acids is 1. The van der Waals surface area contributed by atoms with Crippen molar-refractivity contribution < 1.29 is 9.53 Å². The molecule has 1 aromatic carbocycles. The van der Waals surface area contributed by atoms with Gasteiger partial charge in [0.2, 0.25) is 5.91 Å². The highest BCUT2D eigenvalue weighted by atomic mass is 16.5. The monoisotopic (exact) mass is 290 g/mol. The number of rotatable bonds is 7. The highest BCUT2D eigenvalue weighted by Crippen LogP contribution is 2.32. The molecule has 0 radical (unpaired) electrons. The number of fused-ring (bicyclic) bond motifs is 1. The van der Waals surface area contributed by atoms with Crippen LogP contribution in [0.15, 0.2) is 18.2 Å². The molecule has 21 heavy (non-hydrogen) atoms. The van der Waals surface area contributed by atoms with E-state index < -0.39 is 0 Å². The van der Waals surface area contributed by atoms with Crippen molar-refractivity contribution in [2.75, 3.05) is 13.2 Å². The minimum Gasteiger partial charge on any atom is -0.493 e. The van der Waals surface area contributed by atoms with E-state index in [1.807, 2.05) is 6.07 Å². The van der Waals surface area contributed by atoms with E-state index >= 15 is 0 Å². The van der Waals surface area contributed by atoms with Crippen molar-refractivity contribution in [2.45, 2.75) is 45.6 Å². The van der Waals surface area contributed by atoms with Crippen LogP contribution in [-0.2, 0) is 11.2 Å². The van der Waals surface area contributed by atoms with Crippen molar-refractivity contribution in [1.29, 1.82) is 0 Å². The predicted molar refractivity (Wildman–Crippen MR) is 84.3 cm³/mol. The molecule has 3 N–H and O–H groups in total. The topological polar surface area (TPSA) is 64.3 Å². The minimum absolute atomic E-state index is 0.268. The summed E-state index contributed by atoms with van der Waals surface area (Å²) in [6.07, 6.45) is 4.68. The smallest absolute Gasteiger partial charge is 0.223 e. The molecule has 0 heterocycles. The number of nitrogens with one attached hydrogen (secondary N) is 1. The van der Waals surface area contributed by atoms with E-state index in [9.17, 15) is 4.79 Å². The fourth-order valence-corrected chi connectivity index (χ4v) is 2.70. The molecule has 2 atom stereocenters. The van der Waals surface area contributed by atoms with Crippen molar-refractivity contribution in [3.8, 4) is 5.75 Å². The number of nitrogens with two attached hydrogens (primary N) is 1. The molecule has 4 heteroatoms. The third kappa shape index (κ3) is 4.21. The van der Waals surface area contributed by atoms with Gasteiger partial charge in [-0.2, -0.15) is 0 Å². The zero-order valence-electron chi connectivity index (χ0n) is 13.0. The Hall–Kier alpha value is -1.55. The molecule has 116 valence electrons. The Bertz CT molecular complexity index is 488. The lowest BCUT2D eigenvalue weighted by Crippen LogP contribution is -2.27. The molecule has 1 aromatic rings.